The number of hydrogen-bond acceptors (Lipinski definition) is 9. The lowest BCUT2D eigenvalue weighted by Crippen LogP contribution is -2.60. The molecule has 0 saturated carbocycles. The maximum absolute atomic E-state index is 14.4. The third-order valence-corrected chi connectivity index (χ3v) is 10.7. The van der Waals surface area contributed by atoms with Gasteiger partial charge in [-0.25, -0.2) is 14.4 Å². The van der Waals surface area contributed by atoms with E-state index in [0.29, 0.717) is 45.3 Å². The minimum Gasteiger partial charge on any atom is -0.465 e. The van der Waals surface area contributed by atoms with Gasteiger partial charge < -0.3 is 56.3 Å². The van der Waals surface area contributed by atoms with Crippen molar-refractivity contribution in [3.8, 4) is 0 Å². The maximum Gasteiger partial charge on any atom is 0.408 e. The van der Waals surface area contributed by atoms with Crippen molar-refractivity contribution in [3.63, 3.8) is 0 Å². The van der Waals surface area contributed by atoms with Gasteiger partial charge in [0.1, 0.15) is 29.8 Å². The molecule has 63 heavy (non-hydrogen) atoms. The quantitative estimate of drug-likeness (QED) is 0.109. The van der Waals surface area contributed by atoms with Crippen LogP contribution in [0.1, 0.15) is 77.8 Å². The predicted molar refractivity (Wildman–Crippen MR) is 234 cm³/mol. The zero-order chi connectivity index (χ0) is 46.1. The molecule has 0 spiro atoms. The van der Waals surface area contributed by atoms with Gasteiger partial charge in [0.2, 0.25) is 23.6 Å². The number of alkyl carbamates (subject to hydrolysis) is 1. The molecule has 0 radical (unpaired) electrons. The van der Waals surface area contributed by atoms with Crippen LogP contribution in [-0.2, 0) is 41.5 Å². The number of carbonyl (C=O) groups excluding carboxylic acids is 6. The number of piperidine rings is 1. The average molecular weight is 879 g/mol. The van der Waals surface area contributed by atoms with Crippen molar-refractivity contribution in [3.05, 3.63) is 71.8 Å². The van der Waals surface area contributed by atoms with Crippen molar-refractivity contribution in [1.29, 1.82) is 0 Å². The van der Waals surface area contributed by atoms with Gasteiger partial charge >= 0.3 is 18.2 Å². The number of likely N-dealkylation sites (tertiary alicyclic amines) is 2. The third kappa shape index (κ3) is 16.7. The summed E-state index contributed by atoms with van der Waals surface area (Å²) >= 11 is 0. The number of ether oxygens (including phenoxy) is 2. The Hall–Kier alpha value is -5.91. The molecule has 2 aromatic carbocycles. The molecular formula is C45H66N8O10. The van der Waals surface area contributed by atoms with Crippen LogP contribution in [-0.4, -0.2) is 139 Å². The molecule has 346 valence electrons. The Kier molecular flexibility index (Phi) is 19.0. The van der Waals surface area contributed by atoms with E-state index in [9.17, 15) is 38.7 Å². The molecule has 4 rings (SSSR count). The predicted octanol–water partition coefficient (Wildman–Crippen LogP) is 2.94. The van der Waals surface area contributed by atoms with E-state index in [-0.39, 0.29) is 50.5 Å². The molecule has 0 unspecified atom stereocenters. The van der Waals surface area contributed by atoms with Gasteiger partial charge in [-0.05, 0) is 69.9 Å². The van der Waals surface area contributed by atoms with E-state index in [4.69, 9.17) is 9.47 Å². The van der Waals surface area contributed by atoms with Crippen LogP contribution in [0.15, 0.2) is 60.7 Å². The van der Waals surface area contributed by atoms with Gasteiger partial charge in [0.25, 0.3) is 0 Å². The van der Waals surface area contributed by atoms with Crippen molar-refractivity contribution in [2.75, 3.05) is 39.9 Å². The van der Waals surface area contributed by atoms with E-state index in [1.165, 1.54) is 11.9 Å². The largest absolute Gasteiger partial charge is 0.465 e. The summed E-state index contributed by atoms with van der Waals surface area (Å²) in [4.78, 5) is 96.4. The number of urea groups is 1. The van der Waals surface area contributed by atoms with Crippen LogP contribution in [0.5, 0.6) is 0 Å². The first-order valence-corrected chi connectivity index (χ1v) is 21.7. The lowest BCUT2D eigenvalue weighted by molar-refractivity contribution is -0.140. The van der Waals surface area contributed by atoms with Crippen LogP contribution in [0.25, 0.3) is 0 Å². The Bertz CT molecular complexity index is 1840. The highest BCUT2D eigenvalue weighted by atomic mass is 16.6. The zero-order valence-electron chi connectivity index (χ0n) is 37.3. The second-order valence-corrected chi connectivity index (χ2v) is 17.5. The standard InChI is InChI=1S/C45H66N8O10/c1-29(2)24-34(38(54)50-37(28-62-27-33-18-13-21-53(33)44(60)61)41(57)52-22-19-32(20-23-52)47-42(58)46-6)48-39(55)35(25-30-14-9-7-10-15-30)49-40(56)36(26-31-16-11-8-12-17-31)51-43(59)63-45(3,4)5/h7-12,14-17,29,32-37H,13,18-28H2,1-6H3,(H,48,55)(H,49,56)(H,50,54)(H,51,59)(H,60,61)(H2,46,47,58)/t33-,34+,35+,36+,37+/m0/s1. The molecule has 0 bridgehead atoms. The van der Waals surface area contributed by atoms with Gasteiger partial charge in [0.05, 0.1) is 19.3 Å². The monoisotopic (exact) mass is 878 g/mol. The van der Waals surface area contributed by atoms with Crippen LogP contribution in [0, 0.1) is 5.92 Å². The number of amides is 8. The lowest BCUT2D eigenvalue weighted by Gasteiger charge is -2.35. The smallest absolute Gasteiger partial charge is 0.408 e. The van der Waals surface area contributed by atoms with E-state index >= 15 is 0 Å². The molecule has 7 N–H and O–H groups in total. The normalized spacial score (nSPS) is 17.4. The lowest BCUT2D eigenvalue weighted by atomic mass is 10.00. The first-order valence-electron chi connectivity index (χ1n) is 21.7. The minimum absolute atomic E-state index is 0.0190. The summed E-state index contributed by atoms with van der Waals surface area (Å²) in [5, 5.41) is 26.2. The molecule has 2 fully saturated rings. The molecule has 18 nitrogen and oxygen atoms in total. The van der Waals surface area contributed by atoms with Crippen LogP contribution >= 0.6 is 0 Å². The second kappa shape index (κ2) is 24.1. The SMILES string of the molecule is CNC(=O)NC1CCN(C(=O)[C@@H](COC[C@@H]2CCCN2C(=O)O)NC(=O)[C@@H](CC(C)C)NC(=O)[C@@H](Cc2ccccc2)NC(=O)[C@@H](Cc2ccccc2)NC(=O)OC(C)(C)C)CC1. The zero-order valence-corrected chi connectivity index (χ0v) is 37.3. The summed E-state index contributed by atoms with van der Waals surface area (Å²) in [5.41, 5.74) is 0.643. The van der Waals surface area contributed by atoms with Crippen molar-refractivity contribution in [2.24, 2.45) is 5.92 Å². The van der Waals surface area contributed by atoms with Crippen molar-refractivity contribution >= 4 is 41.8 Å². The first-order chi connectivity index (χ1) is 29.9. The van der Waals surface area contributed by atoms with E-state index in [0.717, 1.165) is 11.1 Å². The molecule has 18 heteroatoms. The Labute approximate surface area is 369 Å². The Balaban J connectivity index is 1.55. The average Bonchev–Trinajstić information content (AvgIpc) is 3.71. The van der Waals surface area contributed by atoms with Crippen molar-refractivity contribution in [1.82, 2.24) is 41.7 Å². The number of carbonyl (C=O) groups is 7. The van der Waals surface area contributed by atoms with Crippen molar-refractivity contribution < 1.29 is 48.1 Å². The molecule has 8 amide bonds. The van der Waals surface area contributed by atoms with Crippen molar-refractivity contribution in [2.45, 2.75) is 121 Å². The fourth-order valence-corrected chi connectivity index (χ4v) is 7.57. The summed E-state index contributed by atoms with van der Waals surface area (Å²) in [5.74, 6) is -2.48. The Morgan fingerprint density at radius 3 is 1.78 bits per heavy atom. The number of benzene rings is 2. The number of nitrogens with one attached hydrogen (secondary N) is 6. The Morgan fingerprint density at radius 2 is 1.25 bits per heavy atom. The molecule has 0 aromatic heterocycles. The summed E-state index contributed by atoms with van der Waals surface area (Å²) in [6.45, 7) is 9.61. The van der Waals surface area contributed by atoms with Gasteiger partial charge in [-0.3, -0.25) is 19.2 Å². The minimum atomic E-state index is -1.20. The number of carboxylic acid groups (broad SMARTS) is 1. The molecule has 2 saturated heterocycles. The van der Waals surface area contributed by atoms with E-state index in [1.807, 2.05) is 50.2 Å². The van der Waals surface area contributed by atoms with Crippen LogP contribution < -0.4 is 31.9 Å². The molecule has 2 aliphatic rings. The maximum atomic E-state index is 14.4. The second-order valence-electron chi connectivity index (χ2n) is 17.5. The summed E-state index contributed by atoms with van der Waals surface area (Å²) in [6, 6.07) is 12.6. The first kappa shape index (κ1) is 49.7. The third-order valence-electron chi connectivity index (χ3n) is 10.7. The molecule has 0 aliphatic carbocycles. The fourth-order valence-electron chi connectivity index (χ4n) is 7.57. The molecule has 2 heterocycles. The van der Waals surface area contributed by atoms with E-state index in [2.05, 4.69) is 31.9 Å². The highest BCUT2D eigenvalue weighted by molar-refractivity contribution is 5.95. The number of rotatable bonds is 19. The van der Waals surface area contributed by atoms with Crippen LogP contribution in [0.3, 0.4) is 0 Å². The van der Waals surface area contributed by atoms with Gasteiger partial charge in [-0.15, -0.1) is 0 Å². The summed E-state index contributed by atoms with van der Waals surface area (Å²) in [6.07, 6.45) is 0.685. The molecule has 2 aliphatic heterocycles. The molecular weight excluding hydrogens is 813 g/mol. The van der Waals surface area contributed by atoms with E-state index in [1.54, 1.807) is 49.9 Å². The highest BCUT2D eigenvalue weighted by Crippen LogP contribution is 2.19. The van der Waals surface area contributed by atoms with Gasteiger partial charge in [0, 0.05) is 45.6 Å². The Morgan fingerprint density at radius 1 is 0.730 bits per heavy atom. The van der Waals surface area contributed by atoms with Gasteiger partial charge in [-0.1, -0.05) is 74.5 Å². The van der Waals surface area contributed by atoms with Gasteiger partial charge in [-0.2, -0.15) is 0 Å². The summed E-state index contributed by atoms with van der Waals surface area (Å²) in [7, 11) is 1.52. The van der Waals surface area contributed by atoms with Gasteiger partial charge in [0.15, 0.2) is 0 Å². The number of hydrogen-bond donors (Lipinski definition) is 7. The fraction of sp³-hybridized carbons (Fsp3) is 0.578. The molecule has 2 aromatic rings. The topological polar surface area (TPSA) is 237 Å². The number of nitrogens with zero attached hydrogens (tertiary/aromatic N) is 2. The van der Waals surface area contributed by atoms with E-state index < -0.39 is 71.6 Å². The summed E-state index contributed by atoms with van der Waals surface area (Å²) < 4.78 is 11.4. The van der Waals surface area contributed by atoms with Crippen LogP contribution in [0.2, 0.25) is 0 Å². The highest BCUT2D eigenvalue weighted by Gasteiger charge is 2.36. The van der Waals surface area contributed by atoms with Crippen LogP contribution in [0.4, 0.5) is 14.4 Å². The molecule has 5 atom stereocenters.